The zero-order valence-corrected chi connectivity index (χ0v) is 15.2. The van der Waals surface area contributed by atoms with Gasteiger partial charge in [-0.15, -0.1) is 0 Å². The number of nitrogens with one attached hydrogen (secondary N) is 1. The zero-order chi connectivity index (χ0) is 18.8. The van der Waals surface area contributed by atoms with Crippen molar-refractivity contribution in [2.24, 2.45) is 0 Å². The lowest BCUT2D eigenvalue weighted by Gasteiger charge is -2.11. The van der Waals surface area contributed by atoms with Crippen molar-refractivity contribution in [3.8, 4) is 17.6 Å². The van der Waals surface area contributed by atoms with E-state index in [2.05, 4.69) is 19.2 Å². The molecule has 0 saturated carbocycles. The lowest BCUT2D eigenvalue weighted by atomic mass is 10.1. The van der Waals surface area contributed by atoms with Gasteiger partial charge in [0.15, 0.2) is 0 Å². The molecule has 0 atom stereocenters. The van der Waals surface area contributed by atoms with Crippen LogP contribution in [0.25, 0.3) is 0 Å². The van der Waals surface area contributed by atoms with E-state index in [4.69, 9.17) is 14.7 Å². The summed E-state index contributed by atoms with van der Waals surface area (Å²) in [6, 6.07) is 15.6. The second kappa shape index (κ2) is 10.1. The minimum Gasteiger partial charge on any atom is -0.490 e. The summed E-state index contributed by atoms with van der Waals surface area (Å²) in [5.41, 5.74) is 3.52. The summed E-state index contributed by atoms with van der Waals surface area (Å²) in [6.45, 7) is 5.56. The van der Waals surface area contributed by atoms with Gasteiger partial charge in [0.2, 0.25) is 5.91 Å². The van der Waals surface area contributed by atoms with Crippen LogP contribution in [0.15, 0.2) is 42.5 Å². The summed E-state index contributed by atoms with van der Waals surface area (Å²) in [5.74, 6) is 1.37. The van der Waals surface area contributed by atoms with Gasteiger partial charge in [-0.2, -0.15) is 5.26 Å². The normalized spacial score (nSPS) is 10.0. The summed E-state index contributed by atoms with van der Waals surface area (Å²) in [6.07, 6.45) is 0.581. The fraction of sp³-hybridized carbons (Fsp3) is 0.333. The summed E-state index contributed by atoms with van der Waals surface area (Å²) in [4.78, 5) is 11.3. The molecule has 0 spiro atoms. The Kier molecular flexibility index (Phi) is 7.50. The molecule has 0 saturated heterocycles. The van der Waals surface area contributed by atoms with E-state index in [1.165, 1.54) is 11.1 Å². The maximum Gasteiger partial charge on any atom is 0.234 e. The van der Waals surface area contributed by atoms with Crippen molar-refractivity contribution in [3.63, 3.8) is 0 Å². The third-order valence-electron chi connectivity index (χ3n) is 3.97. The van der Waals surface area contributed by atoms with Gasteiger partial charge in [0.05, 0.1) is 6.07 Å². The molecule has 5 heteroatoms. The molecule has 5 nitrogen and oxygen atoms in total. The highest BCUT2D eigenvalue weighted by Crippen LogP contribution is 2.17. The van der Waals surface area contributed by atoms with E-state index in [0.29, 0.717) is 26.2 Å². The molecule has 0 aliphatic heterocycles. The first-order valence-corrected chi connectivity index (χ1v) is 8.64. The monoisotopic (exact) mass is 352 g/mol. The second-order valence-corrected chi connectivity index (χ2v) is 6.03. The second-order valence-electron chi connectivity index (χ2n) is 6.03. The van der Waals surface area contributed by atoms with Crippen LogP contribution in [0.4, 0.5) is 0 Å². The van der Waals surface area contributed by atoms with Crippen LogP contribution in [-0.4, -0.2) is 25.7 Å². The number of aryl methyl sites for hydroxylation is 2. The number of nitrogens with zero attached hydrogens (tertiary/aromatic N) is 1. The average Bonchev–Trinajstić information content (AvgIpc) is 2.62. The number of hydrogen-bond acceptors (Lipinski definition) is 4. The molecule has 136 valence electrons. The van der Waals surface area contributed by atoms with E-state index in [0.717, 1.165) is 17.1 Å². The summed E-state index contributed by atoms with van der Waals surface area (Å²) in [7, 11) is 0. The number of hydrogen-bond donors (Lipinski definition) is 1. The Morgan fingerprint density at radius 3 is 2.46 bits per heavy atom. The van der Waals surface area contributed by atoms with Crippen molar-refractivity contribution < 1.29 is 14.3 Å². The third-order valence-corrected chi connectivity index (χ3v) is 3.97. The molecule has 0 radical (unpaired) electrons. The van der Waals surface area contributed by atoms with Gasteiger partial charge in [-0.25, -0.2) is 0 Å². The number of amides is 1. The minimum absolute atomic E-state index is 0.107. The van der Waals surface area contributed by atoms with Gasteiger partial charge in [0.25, 0.3) is 0 Å². The van der Waals surface area contributed by atoms with Gasteiger partial charge < -0.3 is 14.8 Å². The maximum atomic E-state index is 11.3. The molecular formula is C21H24N2O3. The molecule has 0 aliphatic rings. The number of nitriles is 1. The number of benzene rings is 2. The molecule has 0 heterocycles. The van der Waals surface area contributed by atoms with Gasteiger partial charge in [-0.3, -0.25) is 4.79 Å². The maximum absolute atomic E-state index is 11.3. The van der Waals surface area contributed by atoms with E-state index in [-0.39, 0.29) is 12.3 Å². The highest BCUT2D eigenvalue weighted by molar-refractivity contribution is 5.77. The van der Waals surface area contributed by atoms with Crippen molar-refractivity contribution in [3.05, 3.63) is 59.2 Å². The molecule has 1 amide bonds. The van der Waals surface area contributed by atoms with E-state index in [1.807, 2.05) is 48.5 Å². The van der Waals surface area contributed by atoms with Crippen molar-refractivity contribution in [2.75, 3.05) is 19.8 Å². The zero-order valence-electron chi connectivity index (χ0n) is 15.2. The lowest BCUT2D eigenvalue weighted by Crippen LogP contribution is -2.24. The number of rotatable bonds is 9. The average molecular weight is 352 g/mol. The Bertz CT molecular complexity index is 781. The first-order chi connectivity index (χ1) is 12.6. The van der Waals surface area contributed by atoms with Crippen LogP contribution in [-0.2, 0) is 11.2 Å². The molecule has 2 rings (SSSR count). The van der Waals surface area contributed by atoms with Crippen LogP contribution < -0.4 is 14.8 Å². The highest BCUT2D eigenvalue weighted by Gasteiger charge is 2.02. The van der Waals surface area contributed by atoms with E-state index < -0.39 is 0 Å². The molecule has 1 N–H and O–H groups in total. The number of carbonyl (C=O) groups excluding carboxylic acids is 1. The topological polar surface area (TPSA) is 71.3 Å². The van der Waals surface area contributed by atoms with Gasteiger partial charge in [0.1, 0.15) is 31.1 Å². The molecule has 0 aromatic heterocycles. The van der Waals surface area contributed by atoms with Crippen LogP contribution in [0.2, 0.25) is 0 Å². The lowest BCUT2D eigenvalue weighted by molar-refractivity contribution is -0.120. The van der Waals surface area contributed by atoms with Gasteiger partial charge in [-0.1, -0.05) is 18.2 Å². The number of ether oxygens (including phenoxy) is 2. The Labute approximate surface area is 154 Å². The van der Waals surface area contributed by atoms with Gasteiger partial charge in [0, 0.05) is 6.54 Å². The Morgan fingerprint density at radius 2 is 1.77 bits per heavy atom. The summed E-state index contributed by atoms with van der Waals surface area (Å²) < 4.78 is 11.4. The largest absolute Gasteiger partial charge is 0.490 e. The van der Waals surface area contributed by atoms with Gasteiger partial charge >= 0.3 is 0 Å². The smallest absolute Gasteiger partial charge is 0.234 e. The fourth-order valence-corrected chi connectivity index (χ4v) is 2.39. The Hall–Kier alpha value is -3.00. The van der Waals surface area contributed by atoms with E-state index in [1.54, 1.807) is 0 Å². The molecule has 0 bridgehead atoms. The predicted molar refractivity (Wildman–Crippen MR) is 100 cm³/mol. The molecule has 26 heavy (non-hydrogen) atoms. The molecule has 0 unspecified atom stereocenters. The van der Waals surface area contributed by atoms with E-state index >= 15 is 0 Å². The quantitative estimate of drug-likeness (QED) is 0.703. The van der Waals surface area contributed by atoms with Crippen molar-refractivity contribution >= 4 is 5.91 Å². The molecule has 2 aromatic rings. The molecular weight excluding hydrogens is 328 g/mol. The van der Waals surface area contributed by atoms with Crippen LogP contribution in [0.3, 0.4) is 0 Å². The van der Waals surface area contributed by atoms with Crippen LogP contribution in [0.5, 0.6) is 11.5 Å². The third kappa shape index (κ3) is 6.48. The molecule has 2 aromatic carbocycles. The summed E-state index contributed by atoms with van der Waals surface area (Å²) in [5, 5.41) is 11.2. The minimum atomic E-state index is -0.247. The van der Waals surface area contributed by atoms with Crippen molar-refractivity contribution in [2.45, 2.75) is 26.7 Å². The van der Waals surface area contributed by atoms with Crippen molar-refractivity contribution in [1.82, 2.24) is 5.32 Å². The summed E-state index contributed by atoms with van der Waals surface area (Å²) >= 11 is 0. The van der Waals surface area contributed by atoms with Crippen LogP contribution >= 0.6 is 0 Å². The van der Waals surface area contributed by atoms with Crippen molar-refractivity contribution in [1.29, 1.82) is 5.26 Å². The standard InChI is InChI=1S/C21H24N2O3/c1-16-6-7-20(14-17(16)2)26-13-12-25-19-5-3-4-18(15-19)9-11-23-21(24)8-10-22/h3-7,14-15H,8-9,11-13H2,1-2H3,(H,23,24). The first kappa shape index (κ1) is 19.3. The fourth-order valence-electron chi connectivity index (χ4n) is 2.39. The predicted octanol–water partition coefficient (Wildman–Crippen LogP) is 3.33. The first-order valence-electron chi connectivity index (χ1n) is 8.64. The Morgan fingerprint density at radius 1 is 1.04 bits per heavy atom. The van der Waals surface area contributed by atoms with Crippen LogP contribution in [0, 0.1) is 25.2 Å². The number of carbonyl (C=O) groups is 1. The SMILES string of the molecule is Cc1ccc(OCCOc2cccc(CCNC(=O)CC#N)c2)cc1C. The van der Waals surface area contributed by atoms with Gasteiger partial charge in [-0.05, 0) is 61.2 Å². The Balaban J connectivity index is 1.73. The highest BCUT2D eigenvalue weighted by atomic mass is 16.5. The van der Waals surface area contributed by atoms with E-state index in [9.17, 15) is 4.79 Å². The molecule has 0 fully saturated rings. The van der Waals surface area contributed by atoms with Crippen LogP contribution in [0.1, 0.15) is 23.1 Å². The molecule has 0 aliphatic carbocycles.